The van der Waals surface area contributed by atoms with Crippen molar-refractivity contribution in [1.29, 1.82) is 0 Å². The quantitative estimate of drug-likeness (QED) is 0.372. The number of amides is 2. The Bertz CT molecular complexity index is 859. The molecule has 1 aliphatic heterocycles. The molecule has 0 fully saturated rings. The summed E-state index contributed by atoms with van der Waals surface area (Å²) in [6.07, 6.45) is -0.439. The predicted octanol–water partition coefficient (Wildman–Crippen LogP) is 2.62. The lowest BCUT2D eigenvalue weighted by atomic mass is 10.1. The van der Waals surface area contributed by atoms with Crippen molar-refractivity contribution < 1.29 is 23.9 Å². The van der Waals surface area contributed by atoms with Crippen LogP contribution in [0.25, 0.3) is 0 Å². The van der Waals surface area contributed by atoms with Gasteiger partial charge in [-0.25, -0.2) is 0 Å². The van der Waals surface area contributed by atoms with E-state index in [0.29, 0.717) is 18.0 Å². The second kappa shape index (κ2) is 10.5. The third-order valence-electron chi connectivity index (χ3n) is 4.08. The number of hydrogen-bond donors (Lipinski definition) is 2. The van der Waals surface area contributed by atoms with Crippen molar-refractivity contribution in [3.8, 4) is 5.75 Å². The average molecular weight is 414 g/mol. The van der Waals surface area contributed by atoms with Crippen molar-refractivity contribution in [1.82, 2.24) is 5.32 Å². The van der Waals surface area contributed by atoms with Crippen molar-refractivity contribution >= 4 is 35.2 Å². The topological polar surface area (TPSA) is 93.7 Å². The zero-order chi connectivity index (χ0) is 20.5. The summed E-state index contributed by atoms with van der Waals surface area (Å²) in [4.78, 5) is 36.9. The van der Waals surface area contributed by atoms with Gasteiger partial charge in [-0.2, -0.15) is 0 Å². The molecule has 2 aromatic rings. The number of ether oxygens (including phenoxy) is 2. The van der Waals surface area contributed by atoms with Gasteiger partial charge in [0.25, 0.3) is 11.8 Å². The summed E-state index contributed by atoms with van der Waals surface area (Å²) in [5, 5.41) is 5.39. The van der Waals surface area contributed by atoms with Crippen LogP contribution < -0.4 is 15.4 Å². The standard InChI is InChI=1S/C21H22N2O5S/c24-19(22-11-6-12-29-15-7-2-1-3-8-15)14-27-20(25)13-18-21(26)23-16-9-4-5-10-17(16)28-18/h1-5,7-10,18H,6,11-14H2,(H,22,24)(H,23,26)/t18-/m0/s1. The van der Waals surface area contributed by atoms with E-state index in [2.05, 4.69) is 10.6 Å². The largest absolute Gasteiger partial charge is 0.478 e. The van der Waals surface area contributed by atoms with Crippen LogP contribution in [-0.4, -0.2) is 42.8 Å². The first-order valence-corrected chi connectivity index (χ1v) is 10.3. The molecule has 0 radical (unpaired) electrons. The van der Waals surface area contributed by atoms with E-state index in [9.17, 15) is 14.4 Å². The number of fused-ring (bicyclic) bond motifs is 1. The van der Waals surface area contributed by atoms with Crippen LogP contribution in [0, 0.1) is 0 Å². The SMILES string of the molecule is O=C(COC(=O)C[C@@H]1Oc2ccccc2NC1=O)NCCCSc1ccccc1. The summed E-state index contributed by atoms with van der Waals surface area (Å²) in [6.45, 7) is 0.122. The van der Waals surface area contributed by atoms with E-state index in [4.69, 9.17) is 9.47 Å². The highest BCUT2D eigenvalue weighted by Gasteiger charge is 2.30. The Morgan fingerprint density at radius 3 is 2.69 bits per heavy atom. The molecule has 2 aromatic carbocycles. The van der Waals surface area contributed by atoms with E-state index < -0.39 is 18.0 Å². The zero-order valence-electron chi connectivity index (χ0n) is 15.8. The maximum absolute atomic E-state index is 12.0. The molecule has 2 N–H and O–H groups in total. The van der Waals surface area contributed by atoms with E-state index in [1.807, 2.05) is 30.3 Å². The van der Waals surface area contributed by atoms with Crippen molar-refractivity contribution in [3.05, 3.63) is 54.6 Å². The van der Waals surface area contributed by atoms with Gasteiger partial charge in [-0.1, -0.05) is 30.3 Å². The lowest BCUT2D eigenvalue weighted by Gasteiger charge is -2.25. The minimum Gasteiger partial charge on any atom is -0.478 e. The molecule has 0 saturated heterocycles. The Labute approximate surface area is 173 Å². The molecular formula is C21H22N2O5S. The Hall–Kier alpha value is -3.00. The number of carbonyl (C=O) groups excluding carboxylic acids is 3. The summed E-state index contributed by atoms with van der Waals surface area (Å²) in [7, 11) is 0. The third-order valence-corrected chi connectivity index (χ3v) is 5.18. The number of thioether (sulfide) groups is 1. The number of carbonyl (C=O) groups is 3. The first-order chi connectivity index (χ1) is 14.1. The van der Waals surface area contributed by atoms with E-state index in [-0.39, 0.29) is 18.9 Å². The fourth-order valence-corrected chi connectivity index (χ4v) is 3.52. The molecule has 0 spiro atoms. The zero-order valence-corrected chi connectivity index (χ0v) is 16.6. The highest BCUT2D eigenvalue weighted by molar-refractivity contribution is 7.99. The van der Waals surface area contributed by atoms with Crippen LogP contribution in [0.4, 0.5) is 5.69 Å². The molecule has 3 rings (SSSR count). The van der Waals surface area contributed by atoms with Gasteiger partial charge in [-0.3, -0.25) is 14.4 Å². The molecule has 1 heterocycles. The maximum Gasteiger partial charge on any atom is 0.310 e. The van der Waals surface area contributed by atoms with Gasteiger partial charge in [-0.15, -0.1) is 11.8 Å². The van der Waals surface area contributed by atoms with Crippen LogP contribution in [0.2, 0.25) is 0 Å². The second-order valence-corrected chi connectivity index (χ2v) is 7.49. The number of esters is 1. The number of anilines is 1. The van der Waals surface area contributed by atoms with Crippen LogP contribution in [0.5, 0.6) is 5.75 Å². The molecule has 0 bridgehead atoms. The lowest BCUT2D eigenvalue weighted by molar-refractivity contribution is -0.151. The lowest BCUT2D eigenvalue weighted by Crippen LogP contribution is -2.39. The molecule has 0 aliphatic carbocycles. The number of benzene rings is 2. The van der Waals surface area contributed by atoms with Gasteiger partial charge < -0.3 is 20.1 Å². The summed E-state index contributed by atoms with van der Waals surface area (Å²) in [5.41, 5.74) is 0.562. The first-order valence-electron chi connectivity index (χ1n) is 9.28. The highest BCUT2D eigenvalue weighted by Crippen LogP contribution is 2.29. The molecule has 29 heavy (non-hydrogen) atoms. The molecule has 0 saturated carbocycles. The van der Waals surface area contributed by atoms with Crippen molar-refractivity contribution in [2.75, 3.05) is 24.2 Å². The molecule has 0 aromatic heterocycles. The number of hydrogen-bond acceptors (Lipinski definition) is 6. The number of rotatable bonds is 9. The minimum absolute atomic E-state index is 0.263. The summed E-state index contributed by atoms with van der Waals surface area (Å²) < 4.78 is 10.5. The van der Waals surface area contributed by atoms with Crippen molar-refractivity contribution in [2.24, 2.45) is 0 Å². The first kappa shape index (κ1) is 20.7. The van der Waals surface area contributed by atoms with Gasteiger partial charge in [0.1, 0.15) is 5.75 Å². The monoisotopic (exact) mass is 414 g/mol. The summed E-state index contributed by atoms with van der Waals surface area (Å²) in [5.74, 6) is -0.0848. The van der Waals surface area contributed by atoms with Crippen LogP contribution in [0.15, 0.2) is 59.5 Å². The Morgan fingerprint density at radius 1 is 1.10 bits per heavy atom. The van der Waals surface area contributed by atoms with Gasteiger partial charge in [0.2, 0.25) is 0 Å². The number of para-hydroxylation sites is 2. The van der Waals surface area contributed by atoms with Gasteiger partial charge in [0.15, 0.2) is 12.7 Å². The molecule has 8 heteroatoms. The second-order valence-electron chi connectivity index (χ2n) is 6.32. The molecular weight excluding hydrogens is 392 g/mol. The fourth-order valence-electron chi connectivity index (χ4n) is 2.64. The van der Waals surface area contributed by atoms with E-state index in [1.54, 1.807) is 36.0 Å². The smallest absolute Gasteiger partial charge is 0.310 e. The Kier molecular flexibility index (Phi) is 7.52. The van der Waals surface area contributed by atoms with Gasteiger partial charge in [0.05, 0.1) is 12.1 Å². The summed E-state index contributed by atoms with van der Waals surface area (Å²) in [6, 6.07) is 17.0. The number of nitrogens with one attached hydrogen (secondary N) is 2. The van der Waals surface area contributed by atoms with Gasteiger partial charge >= 0.3 is 5.97 Å². The predicted molar refractivity (Wildman–Crippen MR) is 110 cm³/mol. The van der Waals surface area contributed by atoms with Crippen molar-refractivity contribution in [2.45, 2.75) is 23.8 Å². The van der Waals surface area contributed by atoms with Crippen LogP contribution in [0.3, 0.4) is 0 Å². The molecule has 152 valence electrons. The molecule has 1 atom stereocenters. The van der Waals surface area contributed by atoms with E-state index in [0.717, 1.165) is 12.2 Å². The van der Waals surface area contributed by atoms with Gasteiger partial charge in [0, 0.05) is 11.4 Å². The third kappa shape index (κ3) is 6.53. The van der Waals surface area contributed by atoms with Crippen LogP contribution >= 0.6 is 11.8 Å². The minimum atomic E-state index is -0.976. The van der Waals surface area contributed by atoms with Crippen LogP contribution in [-0.2, 0) is 19.1 Å². The Morgan fingerprint density at radius 2 is 1.86 bits per heavy atom. The average Bonchev–Trinajstić information content (AvgIpc) is 2.73. The van der Waals surface area contributed by atoms with E-state index >= 15 is 0 Å². The van der Waals surface area contributed by atoms with Crippen LogP contribution in [0.1, 0.15) is 12.8 Å². The Balaban J connectivity index is 1.30. The molecule has 1 aliphatic rings. The maximum atomic E-state index is 12.0. The highest BCUT2D eigenvalue weighted by atomic mass is 32.2. The normalized spacial score (nSPS) is 14.9. The fraction of sp³-hybridized carbons (Fsp3) is 0.286. The molecule has 2 amide bonds. The molecule has 0 unspecified atom stereocenters. The van der Waals surface area contributed by atoms with Gasteiger partial charge in [-0.05, 0) is 36.4 Å². The van der Waals surface area contributed by atoms with Crippen molar-refractivity contribution in [3.63, 3.8) is 0 Å². The molecule has 7 nitrogen and oxygen atoms in total. The summed E-state index contributed by atoms with van der Waals surface area (Å²) >= 11 is 1.72. The van der Waals surface area contributed by atoms with E-state index in [1.165, 1.54) is 4.90 Å².